The summed E-state index contributed by atoms with van der Waals surface area (Å²) >= 11 is 0. The summed E-state index contributed by atoms with van der Waals surface area (Å²) in [5, 5.41) is 3.10. The molecule has 1 saturated carbocycles. The molecule has 20 heavy (non-hydrogen) atoms. The van der Waals surface area contributed by atoms with Gasteiger partial charge in [0.1, 0.15) is 0 Å². The lowest BCUT2D eigenvalue weighted by Gasteiger charge is -2.29. The van der Waals surface area contributed by atoms with Gasteiger partial charge in [0.15, 0.2) is 0 Å². The molecule has 5 nitrogen and oxygen atoms in total. The van der Waals surface area contributed by atoms with Gasteiger partial charge in [-0.3, -0.25) is 4.79 Å². The van der Waals surface area contributed by atoms with Crippen molar-refractivity contribution < 1.29 is 14.3 Å². The van der Waals surface area contributed by atoms with E-state index in [1.54, 1.807) is 4.90 Å². The number of hydrogen-bond donors (Lipinski definition) is 1. The molecule has 0 heterocycles. The molecule has 0 spiro atoms. The SMILES string of the molecule is COC(=O)CCN(CC(C)C)C(=O)NC1CCCCC1. The monoisotopic (exact) mass is 284 g/mol. The maximum absolute atomic E-state index is 12.3. The molecule has 0 aliphatic heterocycles. The van der Waals surface area contributed by atoms with Crippen LogP contribution in [0, 0.1) is 5.92 Å². The predicted octanol–water partition coefficient (Wildman–Crippen LogP) is 2.55. The number of ether oxygens (including phenoxy) is 1. The van der Waals surface area contributed by atoms with Crippen molar-refractivity contribution in [2.24, 2.45) is 5.92 Å². The number of carbonyl (C=O) groups excluding carboxylic acids is 2. The number of amides is 2. The minimum atomic E-state index is -0.274. The van der Waals surface area contributed by atoms with E-state index in [9.17, 15) is 9.59 Å². The molecule has 1 N–H and O–H groups in total. The summed E-state index contributed by atoms with van der Waals surface area (Å²) in [6, 6.07) is 0.249. The van der Waals surface area contributed by atoms with Crippen LogP contribution in [0.1, 0.15) is 52.4 Å². The quantitative estimate of drug-likeness (QED) is 0.763. The summed E-state index contributed by atoms with van der Waals surface area (Å²) in [5.74, 6) is 0.106. The number of rotatable bonds is 6. The van der Waals surface area contributed by atoms with E-state index in [0.717, 1.165) is 12.8 Å². The highest BCUT2D eigenvalue weighted by Crippen LogP contribution is 2.17. The van der Waals surface area contributed by atoms with Crippen molar-refractivity contribution in [3.05, 3.63) is 0 Å². The molecule has 0 aromatic heterocycles. The van der Waals surface area contributed by atoms with E-state index in [2.05, 4.69) is 23.9 Å². The Morgan fingerprint density at radius 2 is 1.90 bits per heavy atom. The Morgan fingerprint density at radius 3 is 2.45 bits per heavy atom. The molecule has 0 bridgehead atoms. The number of carbonyl (C=O) groups is 2. The predicted molar refractivity (Wildman–Crippen MR) is 78.4 cm³/mol. The third-order valence-corrected chi connectivity index (χ3v) is 3.62. The van der Waals surface area contributed by atoms with Gasteiger partial charge in [-0.25, -0.2) is 4.79 Å². The molecular weight excluding hydrogens is 256 g/mol. The van der Waals surface area contributed by atoms with Crippen molar-refractivity contribution >= 4 is 12.0 Å². The second kappa shape index (κ2) is 8.82. The first-order chi connectivity index (χ1) is 9.52. The van der Waals surface area contributed by atoms with Gasteiger partial charge in [-0.1, -0.05) is 33.1 Å². The lowest BCUT2D eigenvalue weighted by atomic mass is 9.96. The van der Waals surface area contributed by atoms with E-state index < -0.39 is 0 Å². The first-order valence-corrected chi connectivity index (χ1v) is 7.65. The zero-order valence-corrected chi connectivity index (χ0v) is 13.0. The van der Waals surface area contributed by atoms with E-state index >= 15 is 0 Å². The summed E-state index contributed by atoms with van der Waals surface area (Å²) < 4.78 is 4.64. The molecule has 116 valence electrons. The molecule has 0 atom stereocenters. The lowest BCUT2D eigenvalue weighted by molar-refractivity contribution is -0.140. The minimum absolute atomic E-state index is 0.0468. The molecule has 0 aromatic carbocycles. The Hall–Kier alpha value is -1.26. The fraction of sp³-hybridized carbons (Fsp3) is 0.867. The fourth-order valence-electron chi connectivity index (χ4n) is 2.56. The van der Waals surface area contributed by atoms with E-state index in [0.29, 0.717) is 25.0 Å². The smallest absolute Gasteiger partial charge is 0.317 e. The Balaban J connectivity index is 2.47. The van der Waals surface area contributed by atoms with Crippen LogP contribution in [0.5, 0.6) is 0 Å². The molecule has 0 unspecified atom stereocenters. The molecule has 0 radical (unpaired) electrons. The van der Waals surface area contributed by atoms with Crippen molar-refractivity contribution in [2.75, 3.05) is 20.2 Å². The van der Waals surface area contributed by atoms with Gasteiger partial charge in [-0.05, 0) is 18.8 Å². The van der Waals surface area contributed by atoms with Gasteiger partial charge in [-0.2, -0.15) is 0 Å². The Morgan fingerprint density at radius 1 is 1.25 bits per heavy atom. The number of methoxy groups -OCH3 is 1. The van der Waals surface area contributed by atoms with Gasteiger partial charge in [-0.15, -0.1) is 0 Å². The maximum atomic E-state index is 12.3. The Bertz CT molecular complexity index is 312. The fourth-order valence-corrected chi connectivity index (χ4v) is 2.56. The van der Waals surface area contributed by atoms with Gasteiger partial charge >= 0.3 is 12.0 Å². The second-order valence-electron chi connectivity index (χ2n) is 5.95. The standard InChI is InChI=1S/C15H28N2O3/c1-12(2)11-17(10-9-14(18)20-3)15(19)16-13-7-5-4-6-8-13/h12-13H,4-11H2,1-3H3,(H,16,19). The molecule has 5 heteroatoms. The van der Waals surface area contributed by atoms with E-state index in [4.69, 9.17) is 0 Å². The number of urea groups is 1. The first-order valence-electron chi connectivity index (χ1n) is 7.65. The van der Waals surface area contributed by atoms with E-state index in [1.807, 2.05) is 0 Å². The van der Waals surface area contributed by atoms with Crippen LogP contribution in [0.25, 0.3) is 0 Å². The lowest BCUT2D eigenvalue weighted by Crippen LogP contribution is -2.47. The molecule has 1 aliphatic rings. The Kier molecular flexibility index (Phi) is 7.41. The van der Waals surface area contributed by atoms with Crippen LogP contribution in [0.4, 0.5) is 4.79 Å². The van der Waals surface area contributed by atoms with Gasteiger partial charge in [0.2, 0.25) is 0 Å². The van der Waals surface area contributed by atoms with Gasteiger partial charge in [0, 0.05) is 19.1 Å². The van der Waals surface area contributed by atoms with Crippen LogP contribution in [0.2, 0.25) is 0 Å². The number of hydrogen-bond acceptors (Lipinski definition) is 3. The molecule has 0 saturated heterocycles. The van der Waals surface area contributed by atoms with E-state index in [1.165, 1.54) is 26.4 Å². The van der Waals surface area contributed by atoms with Crippen LogP contribution in [-0.2, 0) is 9.53 Å². The molecule has 0 aromatic rings. The highest BCUT2D eigenvalue weighted by atomic mass is 16.5. The summed E-state index contributed by atoms with van der Waals surface area (Å²) in [4.78, 5) is 25.3. The van der Waals surface area contributed by atoms with Crippen molar-refractivity contribution in [1.29, 1.82) is 0 Å². The zero-order chi connectivity index (χ0) is 15.0. The highest BCUT2D eigenvalue weighted by Gasteiger charge is 2.21. The largest absolute Gasteiger partial charge is 0.469 e. The molecular formula is C15H28N2O3. The van der Waals surface area contributed by atoms with Crippen molar-refractivity contribution in [1.82, 2.24) is 10.2 Å². The van der Waals surface area contributed by atoms with Crippen LogP contribution >= 0.6 is 0 Å². The topological polar surface area (TPSA) is 58.6 Å². The van der Waals surface area contributed by atoms with Crippen molar-refractivity contribution in [3.8, 4) is 0 Å². The van der Waals surface area contributed by atoms with Crippen LogP contribution in [-0.4, -0.2) is 43.1 Å². The summed E-state index contributed by atoms with van der Waals surface area (Å²) in [5.41, 5.74) is 0. The molecule has 1 fully saturated rings. The average Bonchev–Trinajstić information content (AvgIpc) is 2.43. The summed E-state index contributed by atoms with van der Waals surface area (Å²) in [7, 11) is 1.37. The third-order valence-electron chi connectivity index (χ3n) is 3.62. The summed E-state index contributed by atoms with van der Waals surface area (Å²) in [6.45, 7) is 5.22. The van der Waals surface area contributed by atoms with E-state index in [-0.39, 0.29) is 18.4 Å². The van der Waals surface area contributed by atoms with Crippen LogP contribution in [0.15, 0.2) is 0 Å². The number of esters is 1. The maximum Gasteiger partial charge on any atom is 0.317 e. The van der Waals surface area contributed by atoms with Gasteiger partial charge in [0.05, 0.1) is 13.5 Å². The Labute approximate surface area is 122 Å². The van der Waals surface area contributed by atoms with Crippen molar-refractivity contribution in [2.45, 2.75) is 58.4 Å². The van der Waals surface area contributed by atoms with Gasteiger partial charge in [0.25, 0.3) is 0 Å². The number of nitrogens with one attached hydrogen (secondary N) is 1. The molecule has 2 amide bonds. The first kappa shape index (κ1) is 16.8. The van der Waals surface area contributed by atoms with Crippen molar-refractivity contribution in [3.63, 3.8) is 0 Å². The van der Waals surface area contributed by atoms with Gasteiger partial charge < -0.3 is 15.0 Å². The molecule has 1 aliphatic carbocycles. The van der Waals surface area contributed by atoms with Crippen LogP contribution < -0.4 is 5.32 Å². The third kappa shape index (κ3) is 6.26. The number of nitrogens with zero attached hydrogens (tertiary/aromatic N) is 1. The zero-order valence-electron chi connectivity index (χ0n) is 13.0. The average molecular weight is 284 g/mol. The minimum Gasteiger partial charge on any atom is -0.469 e. The second-order valence-corrected chi connectivity index (χ2v) is 5.95. The highest BCUT2D eigenvalue weighted by molar-refractivity contribution is 5.76. The molecule has 1 rings (SSSR count). The normalized spacial score (nSPS) is 16.0. The van der Waals surface area contributed by atoms with Crippen LogP contribution in [0.3, 0.4) is 0 Å². The summed E-state index contributed by atoms with van der Waals surface area (Å²) in [6.07, 6.45) is 6.04.